The number of aromatic nitrogens is 3. The van der Waals surface area contributed by atoms with Crippen LogP contribution in [-0.4, -0.2) is 53.3 Å². The molecule has 1 atom stereocenters. The summed E-state index contributed by atoms with van der Waals surface area (Å²) in [7, 11) is 3.82. The first kappa shape index (κ1) is 12.0. The first-order valence-electron chi connectivity index (χ1n) is 5.89. The molecule has 1 fully saturated rings. The van der Waals surface area contributed by atoms with Gasteiger partial charge >= 0.3 is 0 Å². The Morgan fingerprint density at radius 2 is 2.12 bits per heavy atom. The van der Waals surface area contributed by atoms with Crippen molar-refractivity contribution in [3.05, 3.63) is 5.82 Å². The first-order valence-corrected chi connectivity index (χ1v) is 5.89. The second-order valence-corrected chi connectivity index (χ2v) is 4.55. The molecule has 0 bridgehead atoms. The van der Waals surface area contributed by atoms with Gasteiger partial charge in [0.15, 0.2) is 0 Å². The van der Waals surface area contributed by atoms with Gasteiger partial charge in [-0.3, -0.25) is 0 Å². The number of aliphatic hydroxyl groups excluding tert-OH is 1. The summed E-state index contributed by atoms with van der Waals surface area (Å²) in [5.74, 6) is 2.05. The van der Waals surface area contributed by atoms with Gasteiger partial charge in [-0.2, -0.15) is 15.0 Å². The molecule has 1 aromatic heterocycles. The molecule has 1 aromatic rings. The van der Waals surface area contributed by atoms with Crippen LogP contribution in [0.3, 0.4) is 0 Å². The van der Waals surface area contributed by atoms with E-state index in [1.807, 2.05) is 25.9 Å². The van der Waals surface area contributed by atoms with E-state index in [1.165, 1.54) is 0 Å². The maximum atomic E-state index is 9.32. The highest BCUT2D eigenvalue weighted by atomic mass is 16.3. The van der Waals surface area contributed by atoms with Gasteiger partial charge < -0.3 is 14.9 Å². The van der Waals surface area contributed by atoms with Crippen molar-refractivity contribution in [3.8, 4) is 0 Å². The zero-order valence-corrected chi connectivity index (χ0v) is 10.6. The van der Waals surface area contributed by atoms with E-state index in [4.69, 9.17) is 0 Å². The van der Waals surface area contributed by atoms with E-state index < -0.39 is 0 Å². The molecule has 2 heterocycles. The van der Waals surface area contributed by atoms with Crippen LogP contribution < -0.4 is 9.80 Å². The smallest absolute Gasteiger partial charge is 0.230 e. The van der Waals surface area contributed by atoms with E-state index in [2.05, 4.69) is 19.9 Å². The fourth-order valence-corrected chi connectivity index (χ4v) is 2.07. The van der Waals surface area contributed by atoms with Crippen LogP contribution >= 0.6 is 0 Å². The Labute approximate surface area is 101 Å². The first-order chi connectivity index (χ1) is 8.11. The van der Waals surface area contributed by atoms with Gasteiger partial charge in [-0.05, 0) is 19.8 Å². The molecule has 0 aliphatic carbocycles. The minimum atomic E-state index is 0.145. The molecule has 0 aromatic carbocycles. The lowest BCUT2D eigenvalue weighted by Gasteiger charge is -2.24. The molecule has 6 heteroatoms. The summed E-state index contributed by atoms with van der Waals surface area (Å²) in [4.78, 5) is 17.0. The quantitative estimate of drug-likeness (QED) is 0.810. The number of rotatable bonds is 3. The lowest BCUT2D eigenvalue weighted by molar-refractivity contribution is 0.265. The van der Waals surface area contributed by atoms with E-state index in [0.29, 0.717) is 17.7 Å². The van der Waals surface area contributed by atoms with E-state index in [0.717, 1.165) is 19.4 Å². The van der Waals surface area contributed by atoms with Gasteiger partial charge in [0.05, 0.1) is 12.6 Å². The van der Waals surface area contributed by atoms with Crippen molar-refractivity contribution < 1.29 is 5.11 Å². The van der Waals surface area contributed by atoms with Crippen molar-refractivity contribution in [1.82, 2.24) is 15.0 Å². The molecule has 17 heavy (non-hydrogen) atoms. The van der Waals surface area contributed by atoms with Crippen molar-refractivity contribution in [2.75, 3.05) is 37.0 Å². The van der Waals surface area contributed by atoms with Crippen molar-refractivity contribution in [1.29, 1.82) is 0 Å². The summed E-state index contributed by atoms with van der Waals surface area (Å²) in [6.45, 7) is 2.92. The predicted octanol–water partition coefficient (Wildman–Crippen LogP) is 0.207. The Balaban J connectivity index is 2.31. The molecular formula is C11H19N5O. The third-order valence-electron chi connectivity index (χ3n) is 2.97. The zero-order valence-electron chi connectivity index (χ0n) is 10.6. The Morgan fingerprint density at radius 3 is 2.76 bits per heavy atom. The minimum Gasteiger partial charge on any atom is -0.394 e. The molecule has 1 aliphatic rings. The molecule has 1 N–H and O–H groups in total. The molecule has 0 saturated carbocycles. The van der Waals surface area contributed by atoms with Gasteiger partial charge in [-0.1, -0.05) is 0 Å². The fourth-order valence-electron chi connectivity index (χ4n) is 2.07. The van der Waals surface area contributed by atoms with Crippen LogP contribution in [0.25, 0.3) is 0 Å². The summed E-state index contributed by atoms with van der Waals surface area (Å²) in [6, 6.07) is 0.145. The Kier molecular flexibility index (Phi) is 3.42. The minimum absolute atomic E-state index is 0.145. The molecule has 1 saturated heterocycles. The van der Waals surface area contributed by atoms with Crippen LogP contribution in [0, 0.1) is 6.92 Å². The lowest BCUT2D eigenvalue weighted by Crippen LogP contribution is -2.34. The topological polar surface area (TPSA) is 65.4 Å². The van der Waals surface area contributed by atoms with Crippen LogP contribution in [0.1, 0.15) is 18.7 Å². The molecule has 94 valence electrons. The molecule has 0 amide bonds. The second kappa shape index (κ2) is 4.83. The predicted molar refractivity (Wildman–Crippen MR) is 66.3 cm³/mol. The maximum absolute atomic E-state index is 9.32. The fraction of sp³-hybridized carbons (Fsp3) is 0.727. The van der Waals surface area contributed by atoms with Crippen LogP contribution in [0.15, 0.2) is 0 Å². The van der Waals surface area contributed by atoms with Crippen molar-refractivity contribution >= 4 is 11.9 Å². The molecule has 2 rings (SSSR count). The van der Waals surface area contributed by atoms with Crippen molar-refractivity contribution in [2.24, 2.45) is 0 Å². The highest BCUT2D eigenvalue weighted by Crippen LogP contribution is 2.23. The molecular weight excluding hydrogens is 218 g/mol. The van der Waals surface area contributed by atoms with Gasteiger partial charge in [0, 0.05) is 20.6 Å². The van der Waals surface area contributed by atoms with Gasteiger partial charge in [0.1, 0.15) is 5.82 Å². The molecule has 1 aliphatic heterocycles. The van der Waals surface area contributed by atoms with E-state index in [-0.39, 0.29) is 12.6 Å². The molecule has 0 spiro atoms. The molecule has 0 unspecified atom stereocenters. The Hall–Kier alpha value is -1.43. The van der Waals surface area contributed by atoms with Gasteiger partial charge in [0.2, 0.25) is 11.9 Å². The summed E-state index contributed by atoms with van der Waals surface area (Å²) >= 11 is 0. The normalized spacial score (nSPS) is 19.8. The van der Waals surface area contributed by atoms with E-state index >= 15 is 0 Å². The monoisotopic (exact) mass is 237 g/mol. The Morgan fingerprint density at radius 1 is 1.35 bits per heavy atom. The molecule has 0 radical (unpaired) electrons. The number of aryl methyl sites for hydroxylation is 1. The number of nitrogens with zero attached hydrogens (tertiary/aromatic N) is 5. The summed E-state index contributed by atoms with van der Waals surface area (Å²) in [5, 5.41) is 9.32. The number of aliphatic hydroxyl groups is 1. The Bertz CT molecular complexity index is 395. The summed E-state index contributed by atoms with van der Waals surface area (Å²) < 4.78 is 0. The van der Waals surface area contributed by atoms with Crippen LogP contribution in [-0.2, 0) is 0 Å². The third kappa shape index (κ3) is 2.46. The van der Waals surface area contributed by atoms with Gasteiger partial charge in [-0.15, -0.1) is 0 Å². The number of hydrogen-bond acceptors (Lipinski definition) is 6. The largest absolute Gasteiger partial charge is 0.394 e. The average molecular weight is 237 g/mol. The summed E-state index contributed by atoms with van der Waals surface area (Å²) in [5.41, 5.74) is 0. The number of anilines is 2. The SMILES string of the molecule is Cc1nc(N(C)C)nc(N2CCC[C@H]2CO)n1. The van der Waals surface area contributed by atoms with E-state index in [1.54, 1.807) is 0 Å². The number of hydrogen-bond donors (Lipinski definition) is 1. The van der Waals surface area contributed by atoms with Gasteiger partial charge in [0.25, 0.3) is 0 Å². The van der Waals surface area contributed by atoms with Crippen LogP contribution in [0.5, 0.6) is 0 Å². The van der Waals surface area contributed by atoms with Crippen molar-refractivity contribution in [2.45, 2.75) is 25.8 Å². The molecule has 6 nitrogen and oxygen atoms in total. The van der Waals surface area contributed by atoms with Crippen LogP contribution in [0.2, 0.25) is 0 Å². The van der Waals surface area contributed by atoms with Crippen molar-refractivity contribution in [3.63, 3.8) is 0 Å². The lowest BCUT2D eigenvalue weighted by atomic mass is 10.2. The highest BCUT2D eigenvalue weighted by Gasteiger charge is 2.26. The second-order valence-electron chi connectivity index (χ2n) is 4.55. The maximum Gasteiger partial charge on any atom is 0.230 e. The zero-order chi connectivity index (χ0) is 12.4. The average Bonchev–Trinajstić information content (AvgIpc) is 2.76. The van der Waals surface area contributed by atoms with Gasteiger partial charge in [-0.25, -0.2) is 0 Å². The summed E-state index contributed by atoms with van der Waals surface area (Å²) in [6.07, 6.45) is 2.08. The van der Waals surface area contributed by atoms with E-state index in [9.17, 15) is 5.11 Å². The standard InChI is InChI=1S/C11H19N5O/c1-8-12-10(15(2)3)14-11(13-8)16-6-4-5-9(16)7-17/h9,17H,4-7H2,1-3H3/t9-/m0/s1. The third-order valence-corrected chi connectivity index (χ3v) is 2.97. The highest BCUT2D eigenvalue weighted by molar-refractivity contribution is 5.40. The van der Waals surface area contributed by atoms with Crippen LogP contribution in [0.4, 0.5) is 11.9 Å².